The summed E-state index contributed by atoms with van der Waals surface area (Å²) in [6.45, 7) is 2.10. The normalized spacial score (nSPS) is 21.8. The van der Waals surface area contributed by atoms with Gasteiger partial charge in [0, 0.05) is 25.1 Å². The Labute approximate surface area is 174 Å². The highest BCUT2D eigenvalue weighted by Gasteiger charge is 2.38. The van der Waals surface area contributed by atoms with Crippen LogP contribution in [0.15, 0.2) is 45.8 Å². The molecule has 0 saturated heterocycles. The van der Waals surface area contributed by atoms with Crippen molar-refractivity contribution in [1.29, 1.82) is 0 Å². The number of halogens is 2. The van der Waals surface area contributed by atoms with Crippen LogP contribution in [0.3, 0.4) is 0 Å². The molecule has 2 aromatic carbocycles. The van der Waals surface area contributed by atoms with Gasteiger partial charge < -0.3 is 4.74 Å². The summed E-state index contributed by atoms with van der Waals surface area (Å²) in [5, 5.41) is 0. The van der Waals surface area contributed by atoms with Crippen molar-refractivity contribution in [3.63, 3.8) is 0 Å². The lowest BCUT2D eigenvalue weighted by Crippen LogP contribution is -2.36. The predicted molar refractivity (Wildman–Crippen MR) is 112 cm³/mol. The summed E-state index contributed by atoms with van der Waals surface area (Å²) in [7, 11) is -0.508. The lowest BCUT2D eigenvalue weighted by Gasteiger charge is -2.26. The molecule has 0 N–H and O–H groups in total. The van der Waals surface area contributed by atoms with Gasteiger partial charge in [-0.25, -0.2) is 12.8 Å². The van der Waals surface area contributed by atoms with Gasteiger partial charge in [0.15, 0.2) is 0 Å². The molecule has 3 rings (SSSR count). The standard InChI is InChI=1S/C21H25BrFNO3S/c1-4-5-6-16-11-17(14-7-9-15(23)10-8-14)18-12-19(22)20(27-3)13-21(18)28(25,26)24(16)2/h7-10,12-13,16-17H,4-6,11H2,1-3H3. The third-order valence-electron chi connectivity index (χ3n) is 5.50. The molecule has 0 spiro atoms. The Morgan fingerprint density at radius 3 is 2.54 bits per heavy atom. The lowest BCUT2D eigenvalue weighted by molar-refractivity contribution is 0.322. The number of benzene rings is 2. The minimum atomic E-state index is -3.68. The molecule has 0 saturated carbocycles. The molecule has 7 heteroatoms. The summed E-state index contributed by atoms with van der Waals surface area (Å²) in [4.78, 5) is 0.253. The van der Waals surface area contributed by atoms with Crippen LogP contribution in [-0.4, -0.2) is 32.9 Å². The Morgan fingerprint density at radius 2 is 1.93 bits per heavy atom. The van der Waals surface area contributed by atoms with E-state index in [4.69, 9.17) is 4.74 Å². The zero-order valence-corrected chi connectivity index (χ0v) is 18.7. The molecule has 0 aromatic heterocycles. The van der Waals surface area contributed by atoms with Gasteiger partial charge in [-0.05, 0) is 58.1 Å². The molecule has 1 heterocycles. The highest BCUT2D eigenvalue weighted by Crippen LogP contribution is 2.44. The Kier molecular flexibility index (Phi) is 6.47. The maximum Gasteiger partial charge on any atom is 0.243 e. The molecule has 2 aromatic rings. The minimum Gasteiger partial charge on any atom is -0.496 e. The lowest BCUT2D eigenvalue weighted by atomic mass is 9.84. The van der Waals surface area contributed by atoms with E-state index in [2.05, 4.69) is 22.9 Å². The van der Waals surface area contributed by atoms with Gasteiger partial charge in [-0.1, -0.05) is 31.9 Å². The molecule has 0 aliphatic carbocycles. The Hall–Kier alpha value is -1.44. The van der Waals surface area contributed by atoms with Crippen molar-refractivity contribution in [2.75, 3.05) is 14.2 Å². The van der Waals surface area contributed by atoms with E-state index >= 15 is 0 Å². The molecule has 28 heavy (non-hydrogen) atoms. The van der Waals surface area contributed by atoms with Crippen LogP contribution in [0.2, 0.25) is 0 Å². The molecule has 152 valence electrons. The van der Waals surface area contributed by atoms with E-state index in [0.717, 1.165) is 24.8 Å². The van der Waals surface area contributed by atoms with Crippen molar-refractivity contribution in [1.82, 2.24) is 4.31 Å². The van der Waals surface area contributed by atoms with Crippen molar-refractivity contribution in [3.05, 3.63) is 57.8 Å². The summed E-state index contributed by atoms with van der Waals surface area (Å²) in [6, 6.07) is 9.64. The van der Waals surface area contributed by atoms with Gasteiger partial charge in [0.25, 0.3) is 0 Å². The van der Waals surface area contributed by atoms with Crippen LogP contribution in [0.5, 0.6) is 5.75 Å². The first-order valence-corrected chi connectivity index (χ1v) is 11.6. The van der Waals surface area contributed by atoms with E-state index in [1.807, 2.05) is 6.07 Å². The minimum absolute atomic E-state index is 0.128. The van der Waals surface area contributed by atoms with Gasteiger partial charge in [-0.3, -0.25) is 0 Å². The molecule has 2 unspecified atom stereocenters. The van der Waals surface area contributed by atoms with Crippen molar-refractivity contribution in [2.45, 2.75) is 49.5 Å². The first-order chi connectivity index (χ1) is 13.3. The van der Waals surface area contributed by atoms with Crippen LogP contribution in [0.25, 0.3) is 0 Å². The maximum atomic E-state index is 13.5. The number of fused-ring (bicyclic) bond motifs is 1. The van der Waals surface area contributed by atoms with E-state index in [1.54, 1.807) is 25.2 Å². The van der Waals surface area contributed by atoms with E-state index in [-0.39, 0.29) is 22.7 Å². The van der Waals surface area contributed by atoms with Crippen LogP contribution in [-0.2, 0) is 10.0 Å². The average molecular weight is 470 g/mol. The fourth-order valence-corrected chi connectivity index (χ4v) is 6.02. The van der Waals surface area contributed by atoms with Crippen LogP contribution >= 0.6 is 15.9 Å². The second kappa shape index (κ2) is 8.51. The number of unbranched alkanes of at least 4 members (excludes halogenated alkanes) is 1. The number of nitrogens with zero attached hydrogens (tertiary/aromatic N) is 1. The number of methoxy groups -OCH3 is 1. The number of sulfonamides is 1. The summed E-state index contributed by atoms with van der Waals surface area (Å²) in [5.74, 6) is 0.0146. The highest BCUT2D eigenvalue weighted by atomic mass is 79.9. The van der Waals surface area contributed by atoms with Crippen molar-refractivity contribution in [2.24, 2.45) is 0 Å². The fourth-order valence-electron chi connectivity index (χ4n) is 3.85. The second-order valence-corrected chi connectivity index (χ2v) is 10.0. The topological polar surface area (TPSA) is 46.6 Å². The maximum absolute atomic E-state index is 13.5. The van der Waals surface area contributed by atoms with Crippen LogP contribution in [0, 0.1) is 5.82 Å². The molecule has 1 aliphatic heterocycles. The van der Waals surface area contributed by atoms with E-state index < -0.39 is 10.0 Å². The van der Waals surface area contributed by atoms with Gasteiger partial charge in [0.1, 0.15) is 11.6 Å². The van der Waals surface area contributed by atoms with Gasteiger partial charge in [0.05, 0.1) is 16.5 Å². The van der Waals surface area contributed by atoms with Gasteiger partial charge in [0.2, 0.25) is 10.0 Å². The summed E-state index contributed by atoms with van der Waals surface area (Å²) >= 11 is 3.49. The van der Waals surface area contributed by atoms with Crippen molar-refractivity contribution >= 4 is 26.0 Å². The first-order valence-electron chi connectivity index (χ1n) is 9.40. The van der Waals surface area contributed by atoms with E-state index in [9.17, 15) is 12.8 Å². The molecule has 2 atom stereocenters. The quantitative estimate of drug-likeness (QED) is 0.595. The van der Waals surface area contributed by atoms with Crippen LogP contribution < -0.4 is 4.74 Å². The third kappa shape index (κ3) is 3.98. The van der Waals surface area contributed by atoms with Crippen molar-refractivity contribution < 1.29 is 17.5 Å². The highest BCUT2D eigenvalue weighted by molar-refractivity contribution is 9.10. The zero-order valence-electron chi connectivity index (χ0n) is 16.3. The molecule has 0 bridgehead atoms. The number of ether oxygens (including phenoxy) is 1. The third-order valence-corrected chi connectivity index (χ3v) is 8.09. The first kappa shape index (κ1) is 21.3. The Balaban J connectivity index is 2.22. The average Bonchev–Trinajstić information content (AvgIpc) is 2.75. The molecule has 0 amide bonds. The fraction of sp³-hybridized carbons (Fsp3) is 0.429. The second-order valence-electron chi connectivity index (χ2n) is 7.18. The van der Waals surface area contributed by atoms with E-state index in [0.29, 0.717) is 22.2 Å². The summed E-state index contributed by atoms with van der Waals surface area (Å²) < 4.78 is 47.8. The number of hydrogen-bond acceptors (Lipinski definition) is 3. The predicted octanol–water partition coefficient (Wildman–Crippen LogP) is 5.31. The van der Waals surface area contributed by atoms with Crippen LogP contribution in [0.1, 0.15) is 49.7 Å². The molecule has 0 fully saturated rings. The molecular weight excluding hydrogens is 445 g/mol. The molecule has 4 nitrogen and oxygen atoms in total. The van der Waals surface area contributed by atoms with Crippen LogP contribution in [0.4, 0.5) is 4.39 Å². The molecule has 1 aliphatic rings. The van der Waals surface area contributed by atoms with Crippen molar-refractivity contribution in [3.8, 4) is 5.75 Å². The number of rotatable bonds is 5. The van der Waals surface area contributed by atoms with Gasteiger partial charge >= 0.3 is 0 Å². The Bertz CT molecular complexity index is 947. The van der Waals surface area contributed by atoms with Gasteiger partial charge in [-0.15, -0.1) is 0 Å². The summed E-state index contributed by atoms with van der Waals surface area (Å²) in [6.07, 6.45) is 3.38. The van der Waals surface area contributed by atoms with Gasteiger partial charge in [-0.2, -0.15) is 4.31 Å². The smallest absolute Gasteiger partial charge is 0.243 e. The Morgan fingerprint density at radius 1 is 1.25 bits per heavy atom. The number of hydrogen-bond donors (Lipinski definition) is 0. The largest absolute Gasteiger partial charge is 0.496 e. The summed E-state index contributed by atoms with van der Waals surface area (Å²) in [5.41, 5.74) is 1.62. The SMILES string of the molecule is CCCCC1CC(c2ccc(F)cc2)c2cc(Br)c(OC)cc2S(=O)(=O)N1C. The monoisotopic (exact) mass is 469 g/mol. The molecule has 0 radical (unpaired) electrons. The zero-order chi connectivity index (χ0) is 20.5. The molecular formula is C21H25BrFNO3S. The van der Waals surface area contributed by atoms with E-state index in [1.165, 1.54) is 23.5 Å².